The van der Waals surface area contributed by atoms with Gasteiger partial charge in [0.25, 0.3) is 0 Å². The number of rotatable bonds is 3. The van der Waals surface area contributed by atoms with E-state index in [4.69, 9.17) is 0 Å². The molecule has 16 heavy (non-hydrogen) atoms. The molecule has 0 aliphatic rings. The van der Waals surface area contributed by atoms with Gasteiger partial charge in [-0.1, -0.05) is 4.49 Å². The Morgan fingerprint density at radius 2 is 2.00 bits per heavy atom. The summed E-state index contributed by atoms with van der Waals surface area (Å²) in [6, 6.07) is 3.73. The van der Waals surface area contributed by atoms with Crippen LogP contribution in [0, 0.1) is 0 Å². The molecule has 0 aliphatic heterocycles. The largest absolute Gasteiger partial charge is 0.506 e. The van der Waals surface area contributed by atoms with E-state index in [0.717, 1.165) is 10.6 Å². The molecule has 7 heteroatoms. The van der Waals surface area contributed by atoms with Crippen molar-refractivity contribution in [1.82, 2.24) is 9.59 Å². The molecule has 1 aromatic carbocycles. The Bertz CT molecular complexity index is 466. The van der Waals surface area contributed by atoms with Crippen molar-refractivity contribution >= 4 is 48.4 Å². The summed E-state index contributed by atoms with van der Waals surface area (Å²) in [7, 11) is 0. The monoisotopic (exact) mass is 363 g/mol. The number of aromatic nitrogens is 2. The van der Waals surface area contributed by atoms with Gasteiger partial charge in [0, 0.05) is 18.1 Å². The molecule has 0 bridgehead atoms. The van der Waals surface area contributed by atoms with Gasteiger partial charge in [-0.2, -0.15) is 0 Å². The van der Waals surface area contributed by atoms with Crippen LogP contribution in [0.3, 0.4) is 0 Å². The fraction of sp³-hybridized carbons (Fsp3) is 0.111. The average molecular weight is 365 g/mol. The minimum Gasteiger partial charge on any atom is -0.506 e. The van der Waals surface area contributed by atoms with Crippen molar-refractivity contribution in [3.63, 3.8) is 0 Å². The van der Waals surface area contributed by atoms with E-state index in [1.54, 1.807) is 6.20 Å². The Hall–Kier alpha value is -0.660. The molecule has 1 aromatic heterocycles. The second-order valence-electron chi connectivity index (χ2n) is 3.04. The number of hydrogen-bond donors (Lipinski definition) is 2. The van der Waals surface area contributed by atoms with Crippen molar-refractivity contribution in [3.8, 4) is 5.75 Å². The van der Waals surface area contributed by atoms with Gasteiger partial charge in [-0.15, -0.1) is 5.10 Å². The first-order valence-corrected chi connectivity index (χ1v) is 6.71. The summed E-state index contributed by atoms with van der Waals surface area (Å²) in [6.07, 6.45) is 1.68. The molecule has 4 nitrogen and oxygen atoms in total. The van der Waals surface area contributed by atoms with Gasteiger partial charge in [-0.05, 0) is 49.6 Å². The lowest BCUT2D eigenvalue weighted by Gasteiger charge is -2.06. The summed E-state index contributed by atoms with van der Waals surface area (Å²) in [5.41, 5.74) is 1.05. The molecule has 2 N–H and O–H groups in total. The third kappa shape index (κ3) is 2.72. The highest BCUT2D eigenvalue weighted by Crippen LogP contribution is 2.33. The molecule has 84 valence electrons. The van der Waals surface area contributed by atoms with Gasteiger partial charge in [-0.25, -0.2) is 0 Å². The van der Waals surface area contributed by atoms with Gasteiger partial charge in [0.1, 0.15) is 10.8 Å². The Morgan fingerprint density at radius 1 is 1.31 bits per heavy atom. The second-order valence-corrected chi connectivity index (χ2v) is 5.54. The number of nitrogens with zero attached hydrogens (tertiary/aromatic N) is 2. The Morgan fingerprint density at radius 3 is 2.56 bits per heavy atom. The van der Waals surface area contributed by atoms with E-state index in [1.807, 2.05) is 12.1 Å². The molecule has 2 aromatic rings. The van der Waals surface area contributed by atoms with Crippen LogP contribution in [0.4, 0.5) is 5.00 Å². The van der Waals surface area contributed by atoms with Crippen molar-refractivity contribution in [3.05, 3.63) is 32.8 Å². The number of nitrogens with one attached hydrogen (secondary N) is 1. The summed E-state index contributed by atoms with van der Waals surface area (Å²) >= 11 is 7.88. The van der Waals surface area contributed by atoms with Crippen molar-refractivity contribution in [1.29, 1.82) is 0 Å². The van der Waals surface area contributed by atoms with Crippen LogP contribution < -0.4 is 5.32 Å². The van der Waals surface area contributed by atoms with Crippen LogP contribution in [0.25, 0.3) is 0 Å². The molecule has 2 rings (SSSR count). The van der Waals surface area contributed by atoms with E-state index in [1.165, 1.54) is 11.5 Å². The average Bonchev–Trinajstić information content (AvgIpc) is 2.75. The standard InChI is InChI=1S/C9H7Br2N3OS/c10-6-1-5(2-7(11)9(6)15)3-12-8-4-13-14-16-8/h1-2,4,12,15H,3H2. The first-order valence-electron chi connectivity index (χ1n) is 4.35. The van der Waals surface area contributed by atoms with Crippen molar-refractivity contribution in [2.24, 2.45) is 0 Å². The Balaban J connectivity index is 2.10. The first-order chi connectivity index (χ1) is 7.66. The summed E-state index contributed by atoms with van der Waals surface area (Å²) < 4.78 is 5.09. The Labute approximate surface area is 113 Å². The summed E-state index contributed by atoms with van der Waals surface area (Å²) in [5, 5.41) is 17.4. The molecule has 0 saturated heterocycles. The fourth-order valence-corrected chi connectivity index (χ4v) is 2.85. The van der Waals surface area contributed by atoms with E-state index in [2.05, 4.69) is 46.8 Å². The van der Waals surface area contributed by atoms with Gasteiger partial charge >= 0.3 is 0 Å². The van der Waals surface area contributed by atoms with E-state index < -0.39 is 0 Å². The molecule has 0 aliphatic carbocycles. The van der Waals surface area contributed by atoms with Crippen molar-refractivity contribution in [2.75, 3.05) is 5.32 Å². The number of phenols is 1. The van der Waals surface area contributed by atoms with Crippen LogP contribution in [-0.4, -0.2) is 14.7 Å². The molecular formula is C9H7Br2N3OS. The highest BCUT2D eigenvalue weighted by molar-refractivity contribution is 9.11. The van der Waals surface area contributed by atoms with E-state index in [9.17, 15) is 5.11 Å². The van der Waals surface area contributed by atoms with Crippen LogP contribution in [0.1, 0.15) is 5.56 Å². The number of aromatic hydroxyl groups is 1. The Kier molecular flexibility index (Phi) is 3.78. The number of anilines is 1. The molecule has 1 heterocycles. The predicted octanol–water partition coefficient (Wildman–Crippen LogP) is 3.38. The van der Waals surface area contributed by atoms with Gasteiger partial charge in [0.2, 0.25) is 0 Å². The highest BCUT2D eigenvalue weighted by Gasteiger charge is 2.06. The maximum absolute atomic E-state index is 9.55. The van der Waals surface area contributed by atoms with Crippen molar-refractivity contribution < 1.29 is 5.11 Å². The van der Waals surface area contributed by atoms with E-state index in [0.29, 0.717) is 15.5 Å². The lowest BCUT2D eigenvalue weighted by Crippen LogP contribution is -1.97. The SMILES string of the molecule is Oc1c(Br)cc(CNc2cnns2)cc1Br. The fourth-order valence-electron chi connectivity index (χ4n) is 1.15. The van der Waals surface area contributed by atoms with Crippen LogP contribution in [0.2, 0.25) is 0 Å². The quantitative estimate of drug-likeness (QED) is 0.876. The van der Waals surface area contributed by atoms with Crippen molar-refractivity contribution in [2.45, 2.75) is 6.54 Å². The zero-order valence-electron chi connectivity index (χ0n) is 7.94. The number of phenolic OH excluding ortho intramolecular Hbond substituents is 1. The van der Waals surface area contributed by atoms with Gasteiger partial charge in [-0.3, -0.25) is 0 Å². The maximum atomic E-state index is 9.55. The van der Waals surface area contributed by atoms with Gasteiger partial charge in [0.15, 0.2) is 0 Å². The first kappa shape index (κ1) is 11.8. The topological polar surface area (TPSA) is 58.0 Å². The molecule has 0 fully saturated rings. The smallest absolute Gasteiger partial charge is 0.143 e. The van der Waals surface area contributed by atoms with Gasteiger partial charge in [0.05, 0.1) is 15.1 Å². The molecule has 0 amide bonds. The predicted molar refractivity (Wildman–Crippen MR) is 70.7 cm³/mol. The molecule has 0 atom stereocenters. The molecule has 0 spiro atoms. The minimum atomic E-state index is 0.211. The van der Waals surface area contributed by atoms with Crippen LogP contribution >= 0.6 is 43.4 Å². The lowest BCUT2D eigenvalue weighted by molar-refractivity contribution is 0.468. The van der Waals surface area contributed by atoms with Crippen LogP contribution in [0.15, 0.2) is 27.3 Å². The summed E-state index contributed by atoms with van der Waals surface area (Å²) in [4.78, 5) is 0. The third-order valence-electron chi connectivity index (χ3n) is 1.90. The van der Waals surface area contributed by atoms with E-state index >= 15 is 0 Å². The molecule has 0 saturated carbocycles. The summed E-state index contributed by atoms with van der Waals surface area (Å²) in [6.45, 7) is 0.654. The molecular weight excluding hydrogens is 358 g/mol. The van der Waals surface area contributed by atoms with Crippen LogP contribution in [0.5, 0.6) is 5.75 Å². The van der Waals surface area contributed by atoms with Gasteiger partial charge < -0.3 is 10.4 Å². The van der Waals surface area contributed by atoms with Crippen LogP contribution in [-0.2, 0) is 6.54 Å². The zero-order valence-corrected chi connectivity index (χ0v) is 11.9. The number of halogens is 2. The minimum absolute atomic E-state index is 0.211. The third-order valence-corrected chi connectivity index (χ3v) is 3.74. The maximum Gasteiger partial charge on any atom is 0.143 e. The second kappa shape index (κ2) is 5.11. The normalized spacial score (nSPS) is 10.4. The van der Waals surface area contributed by atoms with E-state index in [-0.39, 0.29) is 5.75 Å². The lowest BCUT2D eigenvalue weighted by atomic mass is 10.2. The zero-order chi connectivity index (χ0) is 11.5. The summed E-state index contributed by atoms with van der Waals surface area (Å²) in [5.74, 6) is 0.211. The number of hydrogen-bond acceptors (Lipinski definition) is 5. The molecule has 0 unspecified atom stereocenters. The molecule has 0 radical (unpaired) electrons. The number of benzene rings is 1. The highest BCUT2D eigenvalue weighted by atomic mass is 79.9.